The maximum absolute atomic E-state index is 11.5. The molecule has 0 atom stereocenters. The molecule has 0 unspecified atom stereocenters. The highest BCUT2D eigenvalue weighted by molar-refractivity contribution is 7.91. The Bertz CT molecular complexity index is 491. The van der Waals surface area contributed by atoms with Crippen molar-refractivity contribution in [2.24, 2.45) is 0 Å². The van der Waals surface area contributed by atoms with Crippen molar-refractivity contribution in [2.75, 3.05) is 5.75 Å². The number of nitriles is 1. The van der Waals surface area contributed by atoms with Gasteiger partial charge in [-0.15, -0.1) is 0 Å². The van der Waals surface area contributed by atoms with Crippen LogP contribution in [0.5, 0.6) is 0 Å². The second kappa shape index (κ2) is 3.80. The van der Waals surface area contributed by atoms with Crippen molar-refractivity contribution >= 4 is 23.1 Å². The van der Waals surface area contributed by atoms with E-state index in [-0.39, 0.29) is 21.8 Å². The molecule has 1 rings (SSSR count). The van der Waals surface area contributed by atoms with E-state index in [1.165, 1.54) is 19.2 Å². The van der Waals surface area contributed by atoms with E-state index in [0.29, 0.717) is 0 Å². The molecule has 4 nitrogen and oxygen atoms in total. The van der Waals surface area contributed by atoms with E-state index in [1.807, 2.05) is 0 Å². The lowest BCUT2D eigenvalue weighted by atomic mass is 9.99. The summed E-state index contributed by atoms with van der Waals surface area (Å²) in [5, 5.41) is 8.65. The molecular weight excluding hydrogens is 199 g/mol. The van der Waals surface area contributed by atoms with Crippen LogP contribution in [0.25, 0.3) is 0 Å². The predicted molar refractivity (Wildman–Crippen MR) is 52.1 cm³/mol. The molecule has 0 aromatic carbocycles. The minimum atomic E-state index is -3.43. The van der Waals surface area contributed by atoms with Crippen molar-refractivity contribution in [3.63, 3.8) is 0 Å². The molecule has 1 aromatic heterocycles. The summed E-state index contributed by atoms with van der Waals surface area (Å²) in [6.45, 7) is 1.50. The van der Waals surface area contributed by atoms with Crippen LogP contribution in [-0.2, 0) is 9.84 Å². The molecule has 1 aromatic rings. The van der Waals surface area contributed by atoms with Gasteiger partial charge in [0, 0.05) is 6.20 Å². The van der Waals surface area contributed by atoms with Crippen LogP contribution >= 0.6 is 0 Å². The molecule has 0 spiro atoms. The number of hydrogen-bond acceptors (Lipinski definition) is 4. The van der Waals surface area contributed by atoms with Crippen LogP contribution in [0, 0.1) is 11.3 Å². The summed E-state index contributed by atoms with van der Waals surface area (Å²) in [4.78, 5) is 3.55. The van der Waals surface area contributed by atoms with Crippen LogP contribution in [0.4, 0.5) is 0 Å². The highest BCUT2D eigenvalue weighted by Gasteiger charge is 2.17. The van der Waals surface area contributed by atoms with Crippen LogP contribution in [-0.4, -0.2) is 27.0 Å². The first-order valence-electron chi connectivity index (χ1n) is 3.89. The van der Waals surface area contributed by atoms with Crippen LogP contribution < -0.4 is 5.46 Å². The van der Waals surface area contributed by atoms with Crippen molar-refractivity contribution in [1.82, 2.24) is 4.98 Å². The number of aromatic nitrogens is 1. The molecule has 0 saturated heterocycles. The molecule has 6 heteroatoms. The van der Waals surface area contributed by atoms with Crippen molar-refractivity contribution in [3.05, 3.63) is 18.0 Å². The molecule has 70 valence electrons. The predicted octanol–water partition coefficient (Wildman–Crippen LogP) is -0.459. The molecule has 1 heterocycles. The number of rotatable bonds is 2. The zero-order valence-corrected chi connectivity index (χ0v) is 8.37. The van der Waals surface area contributed by atoms with Crippen LogP contribution in [0.2, 0.25) is 0 Å². The second-order valence-corrected chi connectivity index (χ2v) is 4.88. The number of pyridine rings is 1. The summed E-state index contributed by atoms with van der Waals surface area (Å²) >= 11 is 0. The van der Waals surface area contributed by atoms with Gasteiger partial charge in [-0.05, 0) is 6.07 Å². The quantitative estimate of drug-likeness (QED) is 0.614. The molecule has 0 saturated carbocycles. The Morgan fingerprint density at radius 2 is 2.29 bits per heavy atom. The molecule has 0 aliphatic rings. The summed E-state index contributed by atoms with van der Waals surface area (Å²) in [5.41, 5.74) is 0.122. The maximum atomic E-state index is 11.5. The SMILES string of the molecule is [B]c1cnc(C#N)c(S(=O)(=O)CC)c1. The first kappa shape index (κ1) is 10.7. The smallest absolute Gasteiger partial charge is 0.180 e. The van der Waals surface area contributed by atoms with Gasteiger partial charge in [0.1, 0.15) is 18.8 Å². The van der Waals surface area contributed by atoms with E-state index in [2.05, 4.69) is 4.98 Å². The Kier molecular flexibility index (Phi) is 2.92. The molecular formula is C8H7BN2O2S. The van der Waals surface area contributed by atoms with Gasteiger partial charge in [-0.1, -0.05) is 12.4 Å². The van der Waals surface area contributed by atoms with Crippen LogP contribution in [0.1, 0.15) is 12.6 Å². The van der Waals surface area contributed by atoms with E-state index < -0.39 is 9.84 Å². The van der Waals surface area contributed by atoms with Gasteiger partial charge in [-0.25, -0.2) is 13.4 Å². The molecule has 0 N–H and O–H groups in total. The molecule has 14 heavy (non-hydrogen) atoms. The zero-order valence-electron chi connectivity index (χ0n) is 7.56. The molecule has 0 fully saturated rings. The lowest BCUT2D eigenvalue weighted by Crippen LogP contribution is -2.13. The minimum Gasteiger partial charge on any atom is -0.245 e. The Morgan fingerprint density at radius 3 is 2.79 bits per heavy atom. The summed E-state index contributed by atoms with van der Waals surface area (Å²) in [5.74, 6) is -0.0766. The van der Waals surface area contributed by atoms with E-state index in [0.717, 1.165) is 0 Å². The number of hydrogen-bond donors (Lipinski definition) is 0. The van der Waals surface area contributed by atoms with Gasteiger partial charge in [0.15, 0.2) is 15.5 Å². The topological polar surface area (TPSA) is 70.8 Å². The Balaban J connectivity index is 3.49. The summed E-state index contributed by atoms with van der Waals surface area (Å²) < 4.78 is 23.0. The number of sulfone groups is 1. The first-order chi connectivity index (χ1) is 6.51. The van der Waals surface area contributed by atoms with Gasteiger partial charge in [-0.2, -0.15) is 5.26 Å². The van der Waals surface area contributed by atoms with E-state index in [4.69, 9.17) is 13.1 Å². The van der Waals surface area contributed by atoms with Gasteiger partial charge in [0.25, 0.3) is 0 Å². The van der Waals surface area contributed by atoms with Gasteiger partial charge in [-0.3, -0.25) is 0 Å². The molecule has 0 amide bonds. The lowest BCUT2D eigenvalue weighted by Gasteiger charge is -2.03. The summed E-state index contributed by atoms with van der Waals surface area (Å²) in [7, 11) is 1.97. The van der Waals surface area contributed by atoms with Gasteiger partial charge in [0.2, 0.25) is 0 Å². The third kappa shape index (κ3) is 1.94. The van der Waals surface area contributed by atoms with Gasteiger partial charge in [0.05, 0.1) is 5.75 Å². The van der Waals surface area contributed by atoms with E-state index in [9.17, 15) is 8.42 Å². The minimum absolute atomic E-state index is 0.0766. The first-order valence-corrected chi connectivity index (χ1v) is 5.55. The van der Waals surface area contributed by atoms with Crippen molar-refractivity contribution < 1.29 is 8.42 Å². The fourth-order valence-corrected chi connectivity index (χ4v) is 1.96. The van der Waals surface area contributed by atoms with Gasteiger partial charge >= 0.3 is 0 Å². The zero-order chi connectivity index (χ0) is 10.8. The normalized spacial score (nSPS) is 10.9. The largest absolute Gasteiger partial charge is 0.245 e. The van der Waals surface area contributed by atoms with E-state index in [1.54, 1.807) is 6.07 Å². The van der Waals surface area contributed by atoms with Crippen LogP contribution in [0.15, 0.2) is 17.2 Å². The second-order valence-electron chi connectivity index (χ2n) is 2.63. The van der Waals surface area contributed by atoms with Crippen LogP contribution in [0.3, 0.4) is 0 Å². The lowest BCUT2D eigenvalue weighted by molar-refractivity contribution is 0.596. The fraction of sp³-hybridized carbons (Fsp3) is 0.250. The molecule has 0 bridgehead atoms. The number of nitrogens with zero attached hydrogens (tertiary/aromatic N) is 2. The Morgan fingerprint density at radius 1 is 1.64 bits per heavy atom. The monoisotopic (exact) mass is 206 g/mol. The average molecular weight is 206 g/mol. The van der Waals surface area contributed by atoms with Crippen molar-refractivity contribution in [3.8, 4) is 6.07 Å². The highest BCUT2D eigenvalue weighted by Crippen LogP contribution is 2.12. The highest BCUT2D eigenvalue weighted by atomic mass is 32.2. The summed E-state index contributed by atoms with van der Waals surface area (Å²) in [6.07, 6.45) is 1.26. The Labute approximate surface area is 83.9 Å². The van der Waals surface area contributed by atoms with Crippen molar-refractivity contribution in [2.45, 2.75) is 11.8 Å². The fourth-order valence-electron chi connectivity index (χ4n) is 0.936. The Hall–Kier alpha value is -1.35. The summed E-state index contributed by atoms with van der Waals surface area (Å²) in [6, 6.07) is 2.97. The molecule has 0 aliphatic carbocycles. The molecule has 0 aliphatic heterocycles. The third-order valence-corrected chi connectivity index (χ3v) is 3.44. The average Bonchev–Trinajstić information content (AvgIpc) is 2.18. The van der Waals surface area contributed by atoms with Gasteiger partial charge < -0.3 is 0 Å². The van der Waals surface area contributed by atoms with Crippen molar-refractivity contribution in [1.29, 1.82) is 5.26 Å². The third-order valence-electron chi connectivity index (χ3n) is 1.69. The standard InChI is InChI=1S/C8H7BN2O2S/c1-2-14(12,13)8-3-6(9)5-11-7(8)4-10/h3,5H,2H2,1H3. The van der Waals surface area contributed by atoms with E-state index >= 15 is 0 Å². The maximum Gasteiger partial charge on any atom is 0.180 e. The molecule has 2 radical (unpaired) electrons.